The molecule has 1 saturated heterocycles. The van der Waals surface area contributed by atoms with E-state index in [1.54, 1.807) is 19.1 Å². The maximum absolute atomic E-state index is 13.1. The lowest BCUT2D eigenvalue weighted by atomic mass is 10.0. The standard InChI is InChI=1S/C26H30F3N5O2/c1-4-23(35)32-20-13-15-33(16-14-20)18(3)31-24(22-8-6-5-7-17(22)2)34(25(30)36)21-11-9-19(10-12-21)26(27,28)29/h5-12,20H,3-4,13-16H2,1-2H3,(H2,30,36)(H,32,35)/b31-24-. The molecule has 192 valence electrons. The molecule has 2 aromatic rings. The molecule has 36 heavy (non-hydrogen) atoms. The van der Waals surface area contributed by atoms with Gasteiger partial charge in [-0.1, -0.05) is 37.8 Å². The first kappa shape index (κ1) is 26.8. The van der Waals surface area contributed by atoms with Crippen molar-refractivity contribution in [2.75, 3.05) is 18.0 Å². The molecule has 1 heterocycles. The number of nitrogens with two attached hydrogens (primary N) is 1. The summed E-state index contributed by atoms with van der Waals surface area (Å²) in [4.78, 5) is 32.0. The fourth-order valence-electron chi connectivity index (χ4n) is 4.01. The van der Waals surface area contributed by atoms with Crippen molar-refractivity contribution in [3.05, 3.63) is 77.6 Å². The highest BCUT2D eigenvalue weighted by molar-refractivity contribution is 6.23. The molecule has 1 aliphatic rings. The number of hydrogen-bond acceptors (Lipinski definition) is 4. The van der Waals surface area contributed by atoms with Crippen LogP contribution >= 0.6 is 0 Å². The van der Waals surface area contributed by atoms with Crippen molar-refractivity contribution in [3.8, 4) is 0 Å². The van der Waals surface area contributed by atoms with Gasteiger partial charge < -0.3 is 16.0 Å². The monoisotopic (exact) mass is 501 g/mol. The number of nitrogens with zero attached hydrogens (tertiary/aromatic N) is 3. The van der Waals surface area contributed by atoms with Gasteiger partial charge in [-0.15, -0.1) is 0 Å². The van der Waals surface area contributed by atoms with Crippen molar-refractivity contribution in [3.63, 3.8) is 0 Å². The molecule has 3 rings (SSSR count). The second-order valence-electron chi connectivity index (χ2n) is 8.57. The summed E-state index contributed by atoms with van der Waals surface area (Å²) in [7, 11) is 0. The minimum Gasteiger partial charge on any atom is -0.357 e. The molecule has 0 bridgehead atoms. The summed E-state index contributed by atoms with van der Waals surface area (Å²) in [5, 5.41) is 2.99. The average molecular weight is 502 g/mol. The van der Waals surface area contributed by atoms with E-state index >= 15 is 0 Å². The third-order valence-corrected chi connectivity index (χ3v) is 6.05. The van der Waals surface area contributed by atoms with E-state index in [1.165, 1.54) is 12.1 Å². The van der Waals surface area contributed by atoms with Crippen LogP contribution in [0.25, 0.3) is 0 Å². The lowest BCUT2D eigenvalue weighted by molar-refractivity contribution is -0.137. The summed E-state index contributed by atoms with van der Waals surface area (Å²) >= 11 is 0. The Morgan fingerprint density at radius 1 is 1.14 bits per heavy atom. The number of carbonyl (C=O) groups excluding carboxylic acids is 2. The van der Waals surface area contributed by atoms with Gasteiger partial charge in [0.05, 0.1) is 11.3 Å². The highest BCUT2D eigenvalue weighted by Crippen LogP contribution is 2.31. The number of hydrogen-bond donors (Lipinski definition) is 2. The number of likely N-dealkylation sites (tertiary alicyclic amines) is 1. The quantitative estimate of drug-likeness (QED) is 0.440. The smallest absolute Gasteiger partial charge is 0.357 e. The molecule has 0 radical (unpaired) electrons. The Bertz CT molecular complexity index is 1140. The normalized spacial score (nSPS) is 14.9. The van der Waals surface area contributed by atoms with Gasteiger partial charge in [0.25, 0.3) is 0 Å². The lowest BCUT2D eigenvalue weighted by Gasteiger charge is -2.34. The van der Waals surface area contributed by atoms with E-state index in [0.29, 0.717) is 43.7 Å². The van der Waals surface area contributed by atoms with Crippen LogP contribution in [0.5, 0.6) is 0 Å². The molecule has 3 N–H and O–H groups in total. The number of aliphatic imine (C=N–C) groups is 1. The predicted molar refractivity (Wildman–Crippen MR) is 133 cm³/mol. The summed E-state index contributed by atoms with van der Waals surface area (Å²) in [6.07, 6.45) is -2.68. The topological polar surface area (TPSA) is 91.0 Å². The first-order valence-electron chi connectivity index (χ1n) is 11.7. The molecule has 7 nitrogen and oxygen atoms in total. The third kappa shape index (κ3) is 6.44. The summed E-state index contributed by atoms with van der Waals surface area (Å²) in [5.41, 5.74) is 6.40. The maximum Gasteiger partial charge on any atom is 0.416 e. The van der Waals surface area contributed by atoms with Crippen LogP contribution in [0, 0.1) is 6.92 Å². The number of aryl methyl sites for hydroxylation is 1. The number of amides is 3. The van der Waals surface area contributed by atoms with Crippen molar-refractivity contribution in [1.82, 2.24) is 10.2 Å². The molecule has 0 saturated carbocycles. The summed E-state index contributed by atoms with van der Waals surface area (Å²) in [6.45, 7) is 8.90. The Balaban J connectivity index is 1.95. The number of piperidine rings is 1. The third-order valence-electron chi connectivity index (χ3n) is 6.05. The molecular formula is C26H30F3N5O2. The van der Waals surface area contributed by atoms with Crippen LogP contribution in [0.2, 0.25) is 0 Å². The minimum atomic E-state index is -4.51. The number of carbonyl (C=O) groups is 2. The molecule has 0 unspecified atom stereocenters. The number of urea groups is 1. The van der Waals surface area contributed by atoms with Gasteiger partial charge in [-0.25, -0.2) is 14.7 Å². The zero-order valence-electron chi connectivity index (χ0n) is 20.3. The van der Waals surface area contributed by atoms with Gasteiger partial charge in [0.2, 0.25) is 5.91 Å². The number of rotatable bonds is 6. The largest absolute Gasteiger partial charge is 0.416 e. The van der Waals surface area contributed by atoms with E-state index in [4.69, 9.17) is 5.73 Å². The SMILES string of the molecule is C=C(/N=C(/c1ccccc1C)N(C(N)=O)c1ccc(C(F)(F)F)cc1)N1CCC(NC(=O)CC)CC1. The molecule has 2 aromatic carbocycles. The van der Waals surface area contributed by atoms with Crippen LogP contribution in [0.3, 0.4) is 0 Å². The van der Waals surface area contributed by atoms with E-state index in [9.17, 15) is 22.8 Å². The van der Waals surface area contributed by atoms with Crippen LogP contribution < -0.4 is 16.0 Å². The van der Waals surface area contributed by atoms with Crippen LogP contribution in [-0.4, -0.2) is 41.8 Å². The molecule has 1 aliphatic heterocycles. The van der Waals surface area contributed by atoms with E-state index in [1.807, 2.05) is 24.0 Å². The number of primary amides is 1. The second-order valence-corrected chi connectivity index (χ2v) is 8.57. The number of benzene rings is 2. The van der Waals surface area contributed by atoms with E-state index < -0.39 is 17.8 Å². The lowest BCUT2D eigenvalue weighted by Crippen LogP contribution is -2.45. The van der Waals surface area contributed by atoms with Gasteiger partial charge >= 0.3 is 12.2 Å². The summed E-state index contributed by atoms with van der Waals surface area (Å²) < 4.78 is 39.2. The number of alkyl halides is 3. The Morgan fingerprint density at radius 2 is 1.75 bits per heavy atom. The van der Waals surface area contributed by atoms with Crippen molar-refractivity contribution >= 4 is 23.5 Å². The highest BCUT2D eigenvalue weighted by Gasteiger charge is 2.31. The number of nitrogens with one attached hydrogen (secondary N) is 1. The Morgan fingerprint density at radius 3 is 2.28 bits per heavy atom. The fraction of sp³-hybridized carbons (Fsp3) is 0.346. The highest BCUT2D eigenvalue weighted by atomic mass is 19.4. The van der Waals surface area contributed by atoms with E-state index in [0.717, 1.165) is 22.6 Å². The molecular weight excluding hydrogens is 471 g/mol. The Kier molecular flexibility index (Phi) is 8.39. The van der Waals surface area contributed by atoms with E-state index in [2.05, 4.69) is 16.9 Å². The van der Waals surface area contributed by atoms with Crippen molar-refractivity contribution in [2.24, 2.45) is 10.7 Å². The Hall–Kier alpha value is -3.82. The van der Waals surface area contributed by atoms with Gasteiger partial charge in [-0.2, -0.15) is 13.2 Å². The summed E-state index contributed by atoms with van der Waals surface area (Å²) in [5.74, 6) is 0.541. The minimum absolute atomic E-state index is 0.000720. The number of amidine groups is 1. The first-order valence-corrected chi connectivity index (χ1v) is 11.7. The molecule has 0 aliphatic carbocycles. The molecule has 0 aromatic heterocycles. The van der Waals surface area contributed by atoms with Crippen LogP contribution in [0.1, 0.15) is 42.9 Å². The predicted octanol–water partition coefficient (Wildman–Crippen LogP) is 4.81. The second kappa shape index (κ2) is 11.3. The van der Waals surface area contributed by atoms with Crippen LogP contribution in [0.4, 0.5) is 23.7 Å². The van der Waals surface area contributed by atoms with Gasteiger partial charge in [0, 0.05) is 31.1 Å². The van der Waals surface area contributed by atoms with Gasteiger partial charge in [-0.3, -0.25) is 4.79 Å². The number of halogens is 3. The first-order chi connectivity index (χ1) is 17.0. The van der Waals surface area contributed by atoms with Crippen LogP contribution in [-0.2, 0) is 11.0 Å². The van der Waals surface area contributed by atoms with Crippen molar-refractivity contribution in [1.29, 1.82) is 0 Å². The van der Waals surface area contributed by atoms with Gasteiger partial charge in [0.1, 0.15) is 5.82 Å². The van der Waals surface area contributed by atoms with Gasteiger partial charge in [-0.05, 0) is 49.6 Å². The Labute approximate surface area is 208 Å². The van der Waals surface area contributed by atoms with Gasteiger partial charge in [0.15, 0.2) is 5.84 Å². The zero-order valence-corrected chi connectivity index (χ0v) is 20.3. The van der Waals surface area contributed by atoms with Crippen molar-refractivity contribution < 1.29 is 22.8 Å². The summed E-state index contributed by atoms with van der Waals surface area (Å²) in [6, 6.07) is 10.5. The molecule has 0 spiro atoms. The molecule has 0 atom stereocenters. The fourth-order valence-corrected chi connectivity index (χ4v) is 4.01. The average Bonchev–Trinajstić information content (AvgIpc) is 2.84. The maximum atomic E-state index is 13.1. The number of anilines is 1. The van der Waals surface area contributed by atoms with E-state index in [-0.39, 0.29) is 23.5 Å². The molecule has 10 heteroatoms. The van der Waals surface area contributed by atoms with Crippen molar-refractivity contribution in [2.45, 2.75) is 45.3 Å². The van der Waals surface area contributed by atoms with Crippen LogP contribution in [0.15, 0.2) is 65.9 Å². The molecule has 3 amide bonds. The zero-order chi connectivity index (χ0) is 26.5. The molecule has 1 fully saturated rings.